The number of ether oxygens (including phenoxy) is 2. The van der Waals surface area contributed by atoms with Crippen molar-refractivity contribution in [2.45, 2.75) is 52.2 Å². The predicted octanol–water partition coefficient (Wildman–Crippen LogP) is 6.22. The quantitative estimate of drug-likeness (QED) is 0.348. The molecule has 0 radical (unpaired) electrons. The summed E-state index contributed by atoms with van der Waals surface area (Å²) in [6.07, 6.45) is 3.50. The van der Waals surface area contributed by atoms with E-state index in [0.717, 1.165) is 21.8 Å². The van der Waals surface area contributed by atoms with E-state index in [2.05, 4.69) is 10.2 Å². The highest BCUT2D eigenvalue weighted by Gasteiger charge is 2.48. The number of carbonyl (C=O) groups excluding carboxylic acids is 3. The molecule has 0 N–H and O–H groups in total. The summed E-state index contributed by atoms with van der Waals surface area (Å²) in [6, 6.07) is 16.0. The predicted molar refractivity (Wildman–Crippen MR) is 132 cm³/mol. The molecule has 184 valence electrons. The average Bonchev–Trinajstić information content (AvgIpc) is 3.15. The van der Waals surface area contributed by atoms with Gasteiger partial charge in [-0.1, -0.05) is 42.5 Å². The van der Waals surface area contributed by atoms with Gasteiger partial charge in [0.2, 0.25) is 5.91 Å². The first-order valence-electron chi connectivity index (χ1n) is 11.6. The topological polar surface area (TPSA) is 97.6 Å². The van der Waals surface area contributed by atoms with E-state index in [4.69, 9.17) is 9.47 Å². The summed E-state index contributed by atoms with van der Waals surface area (Å²) in [5, 5.41) is 8.42. The minimum absolute atomic E-state index is 0.164. The molecule has 0 spiro atoms. The largest absolute Gasteiger partial charge is 0.464 e. The molecule has 35 heavy (non-hydrogen) atoms. The van der Waals surface area contributed by atoms with Crippen LogP contribution < -0.4 is 0 Å². The number of likely N-dealkylation sites (tertiary alicyclic amines) is 1. The summed E-state index contributed by atoms with van der Waals surface area (Å²) in [4.78, 5) is 39.0. The number of hydrogen-bond donors (Lipinski definition) is 0. The molecule has 0 unspecified atom stereocenters. The number of rotatable bonds is 7. The van der Waals surface area contributed by atoms with Crippen molar-refractivity contribution in [1.29, 1.82) is 0 Å². The van der Waals surface area contributed by atoms with E-state index >= 15 is 0 Å². The second-order valence-corrected chi connectivity index (χ2v) is 9.15. The maximum Gasteiger partial charge on any atom is 0.417 e. The first kappa shape index (κ1) is 25.8. The van der Waals surface area contributed by atoms with E-state index in [1.165, 1.54) is 0 Å². The van der Waals surface area contributed by atoms with Gasteiger partial charge < -0.3 is 9.47 Å². The second kappa shape index (κ2) is 11.6. The van der Waals surface area contributed by atoms with Crippen LogP contribution in [0.4, 0.5) is 16.2 Å². The van der Waals surface area contributed by atoms with Gasteiger partial charge >= 0.3 is 12.1 Å². The summed E-state index contributed by atoms with van der Waals surface area (Å²) in [5.41, 5.74) is 1.64. The molecule has 1 fully saturated rings. The SMILES string of the molecule is CCOC(=O)[C@@H]1C[C@@H](C/C=C/c2ccc(N=Nc3ccccc3)cc2)C(=O)N1C(=O)OC(C)(C)C. The van der Waals surface area contributed by atoms with Crippen LogP contribution >= 0.6 is 0 Å². The number of allylic oxidation sites excluding steroid dienone is 1. The van der Waals surface area contributed by atoms with Gasteiger partial charge in [0, 0.05) is 5.92 Å². The number of nitrogens with zero attached hydrogens (tertiary/aromatic N) is 3. The van der Waals surface area contributed by atoms with Crippen LogP contribution in [0.3, 0.4) is 0 Å². The molecule has 3 rings (SSSR count). The van der Waals surface area contributed by atoms with Crippen LogP contribution in [0.2, 0.25) is 0 Å². The average molecular weight is 478 g/mol. The Kier molecular flexibility index (Phi) is 8.52. The molecule has 1 heterocycles. The normalized spacial score (nSPS) is 18.4. The Morgan fingerprint density at radius 1 is 1.03 bits per heavy atom. The van der Waals surface area contributed by atoms with Crippen molar-refractivity contribution in [2.75, 3.05) is 6.61 Å². The maximum absolute atomic E-state index is 13.0. The third-order valence-corrected chi connectivity index (χ3v) is 5.22. The molecule has 2 amide bonds. The van der Waals surface area contributed by atoms with Crippen LogP contribution in [0.5, 0.6) is 0 Å². The van der Waals surface area contributed by atoms with E-state index in [1.807, 2.05) is 66.7 Å². The zero-order valence-electron chi connectivity index (χ0n) is 20.5. The summed E-state index contributed by atoms with van der Waals surface area (Å²) in [6.45, 7) is 6.97. The number of carbonyl (C=O) groups is 3. The first-order chi connectivity index (χ1) is 16.7. The lowest BCUT2D eigenvalue weighted by Crippen LogP contribution is -2.46. The van der Waals surface area contributed by atoms with Crippen LogP contribution in [-0.2, 0) is 19.1 Å². The summed E-state index contributed by atoms with van der Waals surface area (Å²) < 4.78 is 10.4. The van der Waals surface area contributed by atoms with Crippen LogP contribution in [0.15, 0.2) is 70.9 Å². The number of esters is 1. The minimum atomic E-state index is -0.982. The van der Waals surface area contributed by atoms with Gasteiger partial charge in [-0.15, -0.1) is 0 Å². The lowest BCUT2D eigenvalue weighted by Gasteiger charge is -2.26. The molecule has 0 aliphatic carbocycles. The van der Waals surface area contributed by atoms with Gasteiger partial charge in [0.25, 0.3) is 0 Å². The molecular formula is C27H31N3O5. The van der Waals surface area contributed by atoms with E-state index in [9.17, 15) is 14.4 Å². The zero-order valence-corrected chi connectivity index (χ0v) is 20.5. The number of hydrogen-bond acceptors (Lipinski definition) is 7. The molecule has 2 atom stereocenters. The van der Waals surface area contributed by atoms with Crippen molar-refractivity contribution in [3.63, 3.8) is 0 Å². The molecule has 8 nitrogen and oxygen atoms in total. The molecule has 2 aromatic rings. The molecule has 1 saturated heterocycles. The lowest BCUT2D eigenvalue weighted by molar-refractivity contribution is -0.151. The lowest BCUT2D eigenvalue weighted by atomic mass is 10.0. The van der Waals surface area contributed by atoms with Gasteiger partial charge in [-0.2, -0.15) is 10.2 Å². The minimum Gasteiger partial charge on any atom is -0.464 e. The third-order valence-electron chi connectivity index (χ3n) is 5.22. The highest BCUT2D eigenvalue weighted by Crippen LogP contribution is 2.30. The molecule has 2 aromatic carbocycles. The summed E-state index contributed by atoms with van der Waals surface area (Å²) >= 11 is 0. The van der Waals surface area contributed by atoms with Crippen LogP contribution in [0.1, 0.15) is 46.1 Å². The van der Waals surface area contributed by atoms with E-state index < -0.39 is 35.5 Å². The van der Waals surface area contributed by atoms with Crippen LogP contribution in [0, 0.1) is 5.92 Å². The fourth-order valence-electron chi connectivity index (χ4n) is 3.62. The Morgan fingerprint density at radius 2 is 1.66 bits per heavy atom. The highest BCUT2D eigenvalue weighted by atomic mass is 16.6. The van der Waals surface area contributed by atoms with Crippen LogP contribution in [0.25, 0.3) is 6.08 Å². The van der Waals surface area contributed by atoms with E-state index in [-0.39, 0.29) is 13.0 Å². The molecule has 0 bridgehead atoms. The van der Waals surface area contributed by atoms with Gasteiger partial charge in [-0.05, 0) is 70.4 Å². The molecular weight excluding hydrogens is 446 g/mol. The standard InChI is InChI=1S/C27H31N3O5/c1-5-34-25(32)23-18-20(24(31)30(23)26(33)35-27(2,3)4)11-9-10-19-14-16-22(17-15-19)29-28-21-12-7-6-8-13-21/h6-10,12-17,20,23H,5,11,18H2,1-4H3/b10-9+,29-28?/t20-,23+/m1/s1. The highest BCUT2D eigenvalue weighted by molar-refractivity contribution is 6.00. The van der Waals surface area contributed by atoms with Gasteiger partial charge in [-0.3, -0.25) is 4.79 Å². The van der Waals surface area contributed by atoms with E-state index in [1.54, 1.807) is 27.7 Å². The molecule has 8 heteroatoms. The van der Waals surface area contributed by atoms with Crippen molar-refractivity contribution in [3.05, 3.63) is 66.2 Å². The number of benzene rings is 2. The van der Waals surface area contributed by atoms with Gasteiger partial charge in [-0.25, -0.2) is 14.5 Å². The summed E-state index contributed by atoms with van der Waals surface area (Å²) in [7, 11) is 0. The van der Waals surface area contributed by atoms with Crippen molar-refractivity contribution in [1.82, 2.24) is 4.90 Å². The number of imide groups is 1. The van der Waals surface area contributed by atoms with E-state index in [0.29, 0.717) is 6.42 Å². The first-order valence-corrected chi connectivity index (χ1v) is 11.6. The Hall–Kier alpha value is -3.81. The Bertz CT molecular complexity index is 1090. The monoisotopic (exact) mass is 477 g/mol. The fraction of sp³-hybridized carbons (Fsp3) is 0.370. The molecule has 0 aromatic heterocycles. The maximum atomic E-state index is 13.0. The molecule has 0 saturated carbocycles. The number of azo groups is 1. The Labute approximate surface area is 205 Å². The molecule has 1 aliphatic rings. The van der Waals surface area contributed by atoms with Crippen LogP contribution in [-0.4, -0.2) is 41.1 Å². The summed E-state index contributed by atoms with van der Waals surface area (Å²) in [5.74, 6) is -1.55. The molecule has 1 aliphatic heterocycles. The van der Waals surface area contributed by atoms with Crippen molar-refractivity contribution in [3.8, 4) is 0 Å². The van der Waals surface area contributed by atoms with Crippen molar-refractivity contribution < 1.29 is 23.9 Å². The second-order valence-electron chi connectivity index (χ2n) is 9.15. The van der Waals surface area contributed by atoms with Crippen molar-refractivity contribution in [2.24, 2.45) is 16.1 Å². The zero-order chi connectivity index (χ0) is 25.4. The Balaban J connectivity index is 1.64. The third kappa shape index (κ3) is 7.34. The van der Waals surface area contributed by atoms with Gasteiger partial charge in [0.1, 0.15) is 11.6 Å². The number of amides is 2. The van der Waals surface area contributed by atoms with Crippen molar-refractivity contribution >= 4 is 35.4 Å². The fourth-order valence-corrected chi connectivity index (χ4v) is 3.62. The smallest absolute Gasteiger partial charge is 0.417 e. The Morgan fingerprint density at radius 3 is 2.26 bits per heavy atom. The van der Waals surface area contributed by atoms with Gasteiger partial charge in [0.05, 0.1) is 18.0 Å². The van der Waals surface area contributed by atoms with Gasteiger partial charge in [0.15, 0.2) is 0 Å².